The van der Waals surface area contributed by atoms with Crippen LogP contribution >= 0.6 is 0 Å². The van der Waals surface area contributed by atoms with E-state index in [2.05, 4.69) is 28.9 Å². The largest absolute Gasteiger partial charge is 0.496 e. The van der Waals surface area contributed by atoms with Gasteiger partial charge in [0.25, 0.3) is 0 Å². The summed E-state index contributed by atoms with van der Waals surface area (Å²) in [6.07, 6.45) is 9.77. The number of benzene rings is 2. The van der Waals surface area contributed by atoms with Crippen molar-refractivity contribution in [3.8, 4) is 11.5 Å². The van der Waals surface area contributed by atoms with Gasteiger partial charge >= 0.3 is 0 Å². The summed E-state index contributed by atoms with van der Waals surface area (Å²) < 4.78 is 39.3. The number of hydrogen-bond donors (Lipinski definition) is 2. The fourth-order valence-corrected chi connectivity index (χ4v) is 6.44. The van der Waals surface area contributed by atoms with Crippen LogP contribution in [0, 0.1) is 11.7 Å². The average Bonchev–Trinajstić information content (AvgIpc) is 3.38. The third-order valence-corrected chi connectivity index (χ3v) is 8.95. The number of ether oxygens (including phenoxy) is 3. The van der Waals surface area contributed by atoms with Crippen molar-refractivity contribution in [1.82, 2.24) is 9.88 Å². The van der Waals surface area contributed by atoms with Crippen LogP contribution in [0.15, 0.2) is 41.4 Å². The zero-order valence-electron chi connectivity index (χ0n) is 22.2. The molecule has 5 rings (SSSR count). The topological polar surface area (TPSA) is 87.6 Å². The van der Waals surface area contributed by atoms with Crippen molar-refractivity contribution in [2.24, 2.45) is 0 Å². The normalized spacial score (nSPS) is 23.1. The molecule has 2 aliphatic rings. The monoisotopic (exact) mass is 525 g/mol. The van der Waals surface area contributed by atoms with Crippen LogP contribution < -0.4 is 9.47 Å². The molecule has 3 heterocycles. The molecule has 200 valence electrons. The van der Waals surface area contributed by atoms with Gasteiger partial charge < -0.3 is 19.2 Å². The summed E-state index contributed by atoms with van der Waals surface area (Å²) in [7, 11) is -1.11. The van der Waals surface area contributed by atoms with E-state index in [0.29, 0.717) is 11.5 Å². The highest BCUT2D eigenvalue weighted by Crippen LogP contribution is 2.41. The molecule has 37 heavy (non-hydrogen) atoms. The highest BCUT2D eigenvalue weighted by Gasteiger charge is 2.33. The maximum atomic E-state index is 12.6. The van der Waals surface area contributed by atoms with Crippen molar-refractivity contribution >= 4 is 20.6 Å². The second kappa shape index (κ2) is 11.1. The minimum Gasteiger partial charge on any atom is -0.496 e. The summed E-state index contributed by atoms with van der Waals surface area (Å²) in [5.41, 5.74) is 4.56. The second-order valence-electron chi connectivity index (χ2n) is 10.5. The Kier molecular flexibility index (Phi) is 7.79. The first kappa shape index (κ1) is 26.1. The number of methoxy groups -OCH3 is 1. The third kappa shape index (κ3) is 5.66. The molecule has 1 unspecified atom stereocenters. The minimum atomic E-state index is -2.84. The van der Waals surface area contributed by atoms with E-state index in [9.17, 15) is 4.21 Å². The van der Waals surface area contributed by atoms with Gasteiger partial charge in [0, 0.05) is 60.2 Å². The molecule has 0 radical (unpaired) electrons. The molecule has 8 heteroatoms. The molecule has 3 aromatic rings. The number of nitrogens with one attached hydrogen (secondary N) is 2. The number of aromatic amines is 1. The van der Waals surface area contributed by atoms with Gasteiger partial charge in [-0.25, -0.2) is 8.99 Å². The number of rotatable bonds is 4. The van der Waals surface area contributed by atoms with Crippen LogP contribution in [-0.4, -0.2) is 53.3 Å². The van der Waals surface area contributed by atoms with Crippen molar-refractivity contribution < 1.29 is 18.4 Å². The van der Waals surface area contributed by atoms with E-state index in [4.69, 9.17) is 19.0 Å². The van der Waals surface area contributed by atoms with Gasteiger partial charge in [0.05, 0.1) is 34.4 Å². The van der Waals surface area contributed by atoms with Crippen LogP contribution in [0.1, 0.15) is 61.3 Å². The molecule has 0 spiro atoms. The summed E-state index contributed by atoms with van der Waals surface area (Å²) in [5.74, 6) is 1.65. The van der Waals surface area contributed by atoms with Gasteiger partial charge in [0.15, 0.2) is 0 Å². The van der Waals surface area contributed by atoms with Crippen LogP contribution in [0.4, 0.5) is 0 Å². The second-order valence-corrected chi connectivity index (χ2v) is 12.6. The van der Waals surface area contributed by atoms with Gasteiger partial charge in [-0.3, -0.25) is 4.90 Å². The molecule has 1 aromatic heterocycles. The molecule has 7 nitrogen and oxygen atoms in total. The first-order valence-corrected chi connectivity index (χ1v) is 15.3. The van der Waals surface area contributed by atoms with Gasteiger partial charge in [-0.1, -0.05) is 12.5 Å². The lowest BCUT2D eigenvalue weighted by Gasteiger charge is -2.40. The Morgan fingerprint density at radius 2 is 1.97 bits per heavy atom. The number of nitrogens with zero attached hydrogens (tertiary/aromatic N) is 1. The highest BCUT2D eigenvalue weighted by atomic mass is 32.2. The molecule has 2 N–H and O–H groups in total. The maximum absolute atomic E-state index is 12.6. The van der Waals surface area contributed by atoms with E-state index in [-0.39, 0.29) is 12.1 Å². The lowest BCUT2D eigenvalue weighted by atomic mass is 9.91. The summed E-state index contributed by atoms with van der Waals surface area (Å²) >= 11 is 0. The fourth-order valence-electron chi connectivity index (χ4n) is 5.78. The Morgan fingerprint density at radius 1 is 1.16 bits per heavy atom. The van der Waals surface area contributed by atoms with Crippen molar-refractivity contribution in [3.63, 3.8) is 0 Å². The molecule has 1 saturated heterocycles. The van der Waals surface area contributed by atoms with E-state index in [1.165, 1.54) is 22.8 Å². The van der Waals surface area contributed by atoms with Crippen LogP contribution in [-0.2, 0) is 21.0 Å². The van der Waals surface area contributed by atoms with Crippen LogP contribution in [0.3, 0.4) is 0 Å². The van der Waals surface area contributed by atoms with Crippen LogP contribution in [0.2, 0.25) is 0 Å². The number of piperidine rings is 1. The molecular formula is C29H39N3O4S. The summed E-state index contributed by atoms with van der Waals surface area (Å²) in [6.45, 7) is 5.15. The van der Waals surface area contributed by atoms with Gasteiger partial charge in [-0.2, -0.15) is 0 Å². The van der Waals surface area contributed by atoms with Gasteiger partial charge in [0.1, 0.15) is 11.5 Å². The molecule has 0 saturated carbocycles. The first-order valence-electron chi connectivity index (χ1n) is 13.3. The third-order valence-electron chi connectivity index (χ3n) is 7.80. The van der Waals surface area contributed by atoms with Crippen LogP contribution in [0.25, 0.3) is 10.9 Å². The lowest BCUT2D eigenvalue weighted by molar-refractivity contribution is -0.0203. The molecular weight excluding hydrogens is 486 g/mol. The summed E-state index contributed by atoms with van der Waals surface area (Å²) in [6, 6.07) is 10.0. The molecule has 0 aliphatic carbocycles. The standard InChI is InChI=1S/C29H39N3O4S/c1-20-16-27(34-2)25(23-10-12-31-29(20)23)19-32-13-11-21-17-26(32)24-9-8-22(37(3,30)33)18-28(24)36-15-7-5-4-6-14-35-21/h8-10,12,16,18,21,26,30-31H,4-7,11,13-15,17,19H2,1-3H3/t21-,26-,37?/m0/s1. The number of aryl methyl sites for hydroxylation is 1. The molecule has 2 aliphatic heterocycles. The lowest BCUT2D eigenvalue weighted by Crippen LogP contribution is -2.39. The molecule has 3 atom stereocenters. The Morgan fingerprint density at radius 3 is 2.76 bits per heavy atom. The van der Waals surface area contributed by atoms with Crippen LogP contribution in [0.5, 0.6) is 11.5 Å². The highest BCUT2D eigenvalue weighted by molar-refractivity contribution is 7.91. The number of hydrogen-bond acceptors (Lipinski definition) is 6. The molecule has 2 bridgehead atoms. The quantitative estimate of drug-likeness (QED) is 0.424. The van der Waals surface area contributed by atoms with E-state index >= 15 is 0 Å². The Balaban J connectivity index is 1.56. The van der Waals surface area contributed by atoms with E-state index in [0.717, 1.165) is 80.8 Å². The van der Waals surface area contributed by atoms with E-state index in [1.54, 1.807) is 7.11 Å². The summed E-state index contributed by atoms with van der Waals surface area (Å²) in [4.78, 5) is 6.41. The van der Waals surface area contributed by atoms with Gasteiger partial charge in [-0.05, 0) is 68.9 Å². The maximum Gasteiger partial charge on any atom is 0.125 e. The SMILES string of the molecule is COc1cc(C)c2[nH]ccc2c1CN1CC[C@H]2C[C@H]1c1ccc(S(C)(=N)=O)cc1OCCCCCCO2. The van der Waals surface area contributed by atoms with E-state index < -0.39 is 9.73 Å². The van der Waals surface area contributed by atoms with Gasteiger partial charge in [-0.15, -0.1) is 0 Å². The van der Waals surface area contributed by atoms with Crippen molar-refractivity contribution in [1.29, 1.82) is 4.78 Å². The first-order chi connectivity index (χ1) is 17.8. The summed E-state index contributed by atoms with van der Waals surface area (Å²) in [5, 5.41) is 1.19. The predicted molar refractivity (Wildman–Crippen MR) is 147 cm³/mol. The molecule has 0 amide bonds. The van der Waals surface area contributed by atoms with E-state index in [1.807, 2.05) is 24.4 Å². The van der Waals surface area contributed by atoms with Crippen molar-refractivity contribution in [2.75, 3.05) is 33.1 Å². The molecule has 2 aromatic carbocycles. The minimum absolute atomic E-state index is 0.0715. The number of H-pyrrole nitrogens is 1. The number of fused-ring (bicyclic) bond motifs is 5. The zero-order chi connectivity index (χ0) is 26.0. The zero-order valence-corrected chi connectivity index (χ0v) is 23.0. The predicted octanol–water partition coefficient (Wildman–Crippen LogP) is 6.20. The molecule has 1 fully saturated rings. The number of aromatic nitrogens is 1. The van der Waals surface area contributed by atoms with Gasteiger partial charge in [0.2, 0.25) is 0 Å². The van der Waals surface area contributed by atoms with Crippen molar-refractivity contribution in [2.45, 2.75) is 69.0 Å². The number of likely N-dealkylation sites (tertiary alicyclic amines) is 1. The fraction of sp³-hybridized carbons (Fsp3) is 0.517. The smallest absolute Gasteiger partial charge is 0.125 e. The average molecular weight is 526 g/mol. The Hall–Kier alpha value is -2.55. The Bertz CT molecular complexity index is 1350. The van der Waals surface area contributed by atoms with Crippen molar-refractivity contribution in [3.05, 3.63) is 53.2 Å². The Labute approximate surface area is 220 Å².